The van der Waals surface area contributed by atoms with Crippen molar-refractivity contribution in [1.29, 1.82) is 0 Å². The van der Waals surface area contributed by atoms with E-state index in [1.165, 1.54) is 0 Å². The zero-order valence-electron chi connectivity index (χ0n) is 8.45. The minimum absolute atomic E-state index is 0.156. The summed E-state index contributed by atoms with van der Waals surface area (Å²) in [6, 6.07) is 0. The lowest BCUT2D eigenvalue weighted by Crippen LogP contribution is -2.13. The van der Waals surface area contributed by atoms with Crippen molar-refractivity contribution in [1.82, 2.24) is 0 Å². The summed E-state index contributed by atoms with van der Waals surface area (Å²) in [7, 11) is 1.73. The molecule has 0 aromatic rings. The van der Waals surface area contributed by atoms with E-state index in [2.05, 4.69) is 19.4 Å². The van der Waals surface area contributed by atoms with Crippen LogP contribution >= 0.6 is 11.8 Å². The molecule has 0 aromatic carbocycles. The van der Waals surface area contributed by atoms with E-state index in [1.54, 1.807) is 13.2 Å². The van der Waals surface area contributed by atoms with Crippen molar-refractivity contribution >= 4 is 11.8 Å². The van der Waals surface area contributed by atoms with E-state index in [0.29, 0.717) is 0 Å². The quantitative estimate of drug-likeness (QED) is 0.581. The number of rotatable bonds is 7. The highest BCUT2D eigenvalue weighted by molar-refractivity contribution is 7.98. The van der Waals surface area contributed by atoms with Crippen LogP contribution in [0.15, 0.2) is 37.0 Å². The first-order valence-corrected chi connectivity index (χ1v) is 5.66. The van der Waals surface area contributed by atoms with E-state index in [-0.39, 0.29) is 6.10 Å². The van der Waals surface area contributed by atoms with Crippen LogP contribution in [0.5, 0.6) is 0 Å². The maximum absolute atomic E-state index is 5.36. The van der Waals surface area contributed by atoms with Crippen LogP contribution < -0.4 is 0 Å². The molecular formula is C11H18OS. The Bertz CT molecular complexity index is 185. The van der Waals surface area contributed by atoms with Crippen molar-refractivity contribution < 1.29 is 4.74 Å². The topological polar surface area (TPSA) is 9.23 Å². The van der Waals surface area contributed by atoms with Gasteiger partial charge < -0.3 is 4.74 Å². The molecule has 1 unspecified atom stereocenters. The Balaban J connectivity index is 4.24. The van der Waals surface area contributed by atoms with Crippen LogP contribution in [0.3, 0.4) is 0 Å². The molecule has 0 heterocycles. The Kier molecular flexibility index (Phi) is 7.85. The highest BCUT2D eigenvalue weighted by Crippen LogP contribution is 2.13. The van der Waals surface area contributed by atoms with Crippen molar-refractivity contribution in [2.45, 2.75) is 12.5 Å². The Morgan fingerprint density at radius 2 is 2.23 bits per heavy atom. The number of hydrogen-bond acceptors (Lipinski definition) is 2. The third-order valence-electron chi connectivity index (χ3n) is 1.79. The van der Waals surface area contributed by atoms with Crippen molar-refractivity contribution in [2.24, 2.45) is 0 Å². The third-order valence-corrected chi connectivity index (χ3v) is 2.43. The van der Waals surface area contributed by atoms with Gasteiger partial charge in [0.15, 0.2) is 0 Å². The van der Waals surface area contributed by atoms with E-state index in [4.69, 9.17) is 4.74 Å². The first-order chi connectivity index (χ1) is 6.29. The molecule has 0 aromatic heterocycles. The Morgan fingerprint density at radius 3 is 2.62 bits per heavy atom. The smallest absolute Gasteiger partial charge is 0.0828 e. The normalized spacial score (nSPS) is 13.8. The lowest BCUT2D eigenvalue weighted by atomic mass is 10.1. The second kappa shape index (κ2) is 8.14. The van der Waals surface area contributed by atoms with Gasteiger partial charge in [0, 0.05) is 7.11 Å². The first-order valence-electron chi connectivity index (χ1n) is 4.26. The van der Waals surface area contributed by atoms with E-state index in [9.17, 15) is 0 Å². The van der Waals surface area contributed by atoms with Crippen LogP contribution in [-0.4, -0.2) is 25.2 Å². The second-order valence-corrected chi connectivity index (χ2v) is 3.60. The van der Waals surface area contributed by atoms with Crippen molar-refractivity contribution in [3.05, 3.63) is 37.0 Å². The van der Waals surface area contributed by atoms with Gasteiger partial charge in [-0.3, -0.25) is 0 Å². The predicted octanol–water partition coefficient (Wildman–Crippen LogP) is 3.05. The van der Waals surface area contributed by atoms with Gasteiger partial charge >= 0.3 is 0 Å². The summed E-state index contributed by atoms with van der Waals surface area (Å²) >= 11 is 1.82. The van der Waals surface area contributed by atoms with Gasteiger partial charge in [-0.2, -0.15) is 11.8 Å². The lowest BCUT2D eigenvalue weighted by Gasteiger charge is -2.15. The van der Waals surface area contributed by atoms with Gasteiger partial charge in [-0.1, -0.05) is 31.4 Å². The van der Waals surface area contributed by atoms with Gasteiger partial charge in [-0.05, 0) is 24.0 Å². The van der Waals surface area contributed by atoms with Gasteiger partial charge in [-0.25, -0.2) is 0 Å². The second-order valence-electron chi connectivity index (χ2n) is 2.61. The van der Waals surface area contributed by atoms with Gasteiger partial charge in [0.25, 0.3) is 0 Å². The number of methoxy groups -OCH3 is 1. The molecule has 74 valence electrons. The molecule has 0 N–H and O–H groups in total. The maximum atomic E-state index is 5.36. The largest absolute Gasteiger partial charge is 0.377 e. The van der Waals surface area contributed by atoms with Crippen molar-refractivity contribution in [3.63, 3.8) is 0 Å². The van der Waals surface area contributed by atoms with Crippen molar-refractivity contribution in [3.8, 4) is 0 Å². The summed E-state index contributed by atoms with van der Waals surface area (Å²) in [5, 5.41) is 0. The lowest BCUT2D eigenvalue weighted by molar-refractivity contribution is 0.132. The molecule has 2 heteroatoms. The summed E-state index contributed by atoms with van der Waals surface area (Å²) in [5.74, 6) is 1.10. The van der Waals surface area contributed by atoms with Crippen LogP contribution in [0.2, 0.25) is 0 Å². The van der Waals surface area contributed by atoms with Gasteiger partial charge in [-0.15, -0.1) is 0 Å². The number of allylic oxidation sites excluding steroid dienone is 2. The maximum Gasteiger partial charge on any atom is 0.0828 e. The molecule has 0 spiro atoms. The fourth-order valence-corrected chi connectivity index (χ4v) is 1.54. The molecule has 0 aliphatic heterocycles. The molecule has 0 radical (unpaired) electrons. The van der Waals surface area contributed by atoms with E-state index in [1.807, 2.05) is 23.9 Å². The fourth-order valence-electron chi connectivity index (χ4n) is 1.09. The van der Waals surface area contributed by atoms with Crippen LogP contribution in [0.1, 0.15) is 6.42 Å². The predicted molar refractivity (Wildman–Crippen MR) is 62.3 cm³/mol. The Hall–Kier alpha value is -0.470. The average molecular weight is 198 g/mol. The van der Waals surface area contributed by atoms with Crippen molar-refractivity contribution in [2.75, 3.05) is 19.1 Å². The van der Waals surface area contributed by atoms with Gasteiger partial charge in [0.1, 0.15) is 0 Å². The monoisotopic (exact) mass is 198 g/mol. The standard InChI is InChI=1S/C11H18OS/c1-5-7-10(6-2)11(12-3)8-9-13-4/h5-7,11H,1-2,8-9H2,3-4H3/b10-7+. The molecular weight excluding hydrogens is 180 g/mol. The van der Waals surface area contributed by atoms with Gasteiger partial charge in [0.05, 0.1) is 6.10 Å². The zero-order chi connectivity index (χ0) is 10.1. The summed E-state index contributed by atoms with van der Waals surface area (Å²) in [4.78, 5) is 0. The van der Waals surface area contributed by atoms with Crippen LogP contribution in [0, 0.1) is 0 Å². The van der Waals surface area contributed by atoms with E-state index in [0.717, 1.165) is 17.7 Å². The minimum Gasteiger partial charge on any atom is -0.377 e. The summed E-state index contributed by atoms with van der Waals surface area (Å²) < 4.78 is 5.36. The fraction of sp³-hybridized carbons (Fsp3) is 0.455. The average Bonchev–Trinajstić information content (AvgIpc) is 2.17. The molecule has 0 amide bonds. The molecule has 13 heavy (non-hydrogen) atoms. The first kappa shape index (κ1) is 12.5. The van der Waals surface area contributed by atoms with Crippen LogP contribution in [0.4, 0.5) is 0 Å². The molecule has 1 atom stereocenters. The third kappa shape index (κ3) is 4.96. The number of hydrogen-bond donors (Lipinski definition) is 0. The molecule has 0 saturated heterocycles. The number of thioether (sulfide) groups is 1. The molecule has 0 bridgehead atoms. The zero-order valence-corrected chi connectivity index (χ0v) is 9.27. The van der Waals surface area contributed by atoms with E-state index >= 15 is 0 Å². The minimum atomic E-state index is 0.156. The molecule has 0 aliphatic rings. The van der Waals surface area contributed by atoms with Crippen LogP contribution in [-0.2, 0) is 4.74 Å². The highest BCUT2D eigenvalue weighted by atomic mass is 32.2. The SMILES string of the molecule is C=C/C=C(\C=C)C(CCSC)OC. The van der Waals surface area contributed by atoms with Crippen LogP contribution in [0.25, 0.3) is 0 Å². The molecule has 0 aliphatic carbocycles. The number of ether oxygens (including phenoxy) is 1. The molecule has 0 saturated carbocycles. The highest BCUT2D eigenvalue weighted by Gasteiger charge is 2.08. The summed E-state index contributed by atoms with van der Waals surface area (Å²) in [5.41, 5.74) is 1.10. The molecule has 0 rings (SSSR count). The van der Waals surface area contributed by atoms with Gasteiger partial charge in [0.2, 0.25) is 0 Å². The van der Waals surface area contributed by atoms with E-state index < -0.39 is 0 Å². The molecule has 0 fully saturated rings. The summed E-state index contributed by atoms with van der Waals surface area (Å²) in [6.07, 6.45) is 8.81. The Morgan fingerprint density at radius 1 is 1.54 bits per heavy atom. The molecule has 1 nitrogen and oxygen atoms in total. The summed E-state index contributed by atoms with van der Waals surface area (Å²) in [6.45, 7) is 7.41. The Labute approximate surface area is 85.6 Å².